The van der Waals surface area contributed by atoms with E-state index in [1.807, 2.05) is 36.2 Å². The van der Waals surface area contributed by atoms with Crippen LogP contribution in [-0.2, 0) is 4.74 Å². The van der Waals surface area contributed by atoms with Crippen LogP contribution in [0.2, 0.25) is 5.02 Å². The number of carbonyl (C=O) groups excluding carboxylic acids is 1. The lowest BCUT2D eigenvalue weighted by molar-refractivity contribution is 0.0520. The zero-order chi connectivity index (χ0) is 15.4. The van der Waals surface area contributed by atoms with Crippen LogP contribution in [0.3, 0.4) is 0 Å². The molecule has 1 unspecified atom stereocenters. The molecule has 0 radical (unpaired) electrons. The lowest BCUT2D eigenvalue weighted by atomic mass is 10.1. The van der Waals surface area contributed by atoms with Gasteiger partial charge in [-0.15, -0.1) is 11.3 Å². The van der Waals surface area contributed by atoms with E-state index in [1.165, 1.54) is 11.3 Å². The number of thiazole rings is 1. The van der Waals surface area contributed by atoms with Crippen LogP contribution in [0.5, 0.6) is 0 Å². The summed E-state index contributed by atoms with van der Waals surface area (Å²) in [7, 11) is 1.94. The van der Waals surface area contributed by atoms with Crippen LogP contribution < -0.4 is 4.90 Å². The van der Waals surface area contributed by atoms with Gasteiger partial charge in [0.05, 0.1) is 12.6 Å². The van der Waals surface area contributed by atoms with Crippen molar-refractivity contribution in [1.82, 2.24) is 4.98 Å². The number of rotatable bonds is 5. The maximum absolute atomic E-state index is 11.7. The van der Waals surface area contributed by atoms with Crippen LogP contribution in [0.1, 0.15) is 35.9 Å². The zero-order valence-corrected chi connectivity index (χ0v) is 13.7. The molecule has 0 saturated heterocycles. The maximum atomic E-state index is 11.7. The lowest BCUT2D eigenvalue weighted by Crippen LogP contribution is -2.21. The summed E-state index contributed by atoms with van der Waals surface area (Å²) in [5, 5.41) is 3.19. The van der Waals surface area contributed by atoms with E-state index in [-0.39, 0.29) is 12.0 Å². The lowest BCUT2D eigenvalue weighted by Gasteiger charge is -2.24. The second-order valence-electron chi connectivity index (χ2n) is 4.58. The van der Waals surface area contributed by atoms with Crippen LogP contribution >= 0.6 is 22.9 Å². The average molecular weight is 325 g/mol. The summed E-state index contributed by atoms with van der Waals surface area (Å²) in [5.74, 6) is -0.385. The molecule has 0 bridgehead atoms. The summed E-state index contributed by atoms with van der Waals surface area (Å²) < 4.78 is 4.95. The first kappa shape index (κ1) is 15.8. The van der Waals surface area contributed by atoms with E-state index in [4.69, 9.17) is 16.3 Å². The quantitative estimate of drug-likeness (QED) is 0.774. The first-order valence-corrected chi connectivity index (χ1v) is 7.89. The Morgan fingerprint density at radius 2 is 2.29 bits per heavy atom. The van der Waals surface area contributed by atoms with Gasteiger partial charge in [-0.3, -0.25) is 0 Å². The summed E-state index contributed by atoms with van der Waals surface area (Å²) in [6.45, 7) is 4.19. The summed E-state index contributed by atoms with van der Waals surface area (Å²) in [5.41, 5.74) is 1.44. The monoisotopic (exact) mass is 324 g/mol. The number of esters is 1. The molecular weight excluding hydrogens is 308 g/mol. The number of aromatic nitrogens is 1. The molecule has 0 aliphatic carbocycles. The maximum Gasteiger partial charge on any atom is 0.357 e. The number of ether oxygens (including phenoxy) is 1. The van der Waals surface area contributed by atoms with Gasteiger partial charge in [-0.05, 0) is 31.5 Å². The van der Waals surface area contributed by atoms with Crippen LogP contribution in [-0.4, -0.2) is 24.6 Å². The van der Waals surface area contributed by atoms with E-state index < -0.39 is 0 Å². The standard InChI is InChI=1S/C15H17ClN2O2S/c1-4-20-14(19)13-9-21-15(17-13)18(3)10(2)11-6-5-7-12(16)8-11/h5-10H,4H2,1-3H3. The molecule has 0 spiro atoms. The van der Waals surface area contributed by atoms with Gasteiger partial charge < -0.3 is 9.64 Å². The first-order chi connectivity index (χ1) is 10.0. The Morgan fingerprint density at radius 1 is 1.52 bits per heavy atom. The number of carbonyl (C=O) groups is 1. The van der Waals surface area contributed by atoms with Gasteiger partial charge in [0, 0.05) is 17.5 Å². The van der Waals surface area contributed by atoms with E-state index in [0.29, 0.717) is 17.3 Å². The van der Waals surface area contributed by atoms with E-state index in [2.05, 4.69) is 11.9 Å². The van der Waals surface area contributed by atoms with Gasteiger partial charge in [-0.2, -0.15) is 0 Å². The second kappa shape index (κ2) is 6.91. The molecule has 0 N–H and O–H groups in total. The van der Waals surface area contributed by atoms with Gasteiger partial charge in [0.1, 0.15) is 0 Å². The fraction of sp³-hybridized carbons (Fsp3) is 0.333. The minimum atomic E-state index is -0.385. The third kappa shape index (κ3) is 3.74. The number of hydrogen-bond donors (Lipinski definition) is 0. The molecule has 112 valence electrons. The smallest absolute Gasteiger partial charge is 0.357 e. The van der Waals surface area contributed by atoms with E-state index in [1.54, 1.807) is 12.3 Å². The molecular formula is C15H17ClN2O2S. The van der Waals surface area contributed by atoms with Crippen molar-refractivity contribution < 1.29 is 9.53 Å². The number of nitrogens with zero attached hydrogens (tertiary/aromatic N) is 2. The summed E-state index contributed by atoms with van der Waals surface area (Å²) >= 11 is 7.45. The summed E-state index contributed by atoms with van der Waals surface area (Å²) in [6.07, 6.45) is 0. The van der Waals surface area contributed by atoms with Crippen LogP contribution in [0.25, 0.3) is 0 Å². The predicted molar refractivity (Wildman–Crippen MR) is 86.3 cm³/mol. The third-order valence-corrected chi connectivity index (χ3v) is 4.36. The van der Waals surface area contributed by atoms with Crippen molar-refractivity contribution in [3.8, 4) is 0 Å². The molecule has 1 heterocycles. The summed E-state index contributed by atoms with van der Waals surface area (Å²) in [6, 6.07) is 7.83. The molecule has 1 atom stereocenters. The normalized spacial score (nSPS) is 12.0. The molecule has 4 nitrogen and oxygen atoms in total. The minimum Gasteiger partial charge on any atom is -0.461 e. The van der Waals surface area contributed by atoms with Crippen molar-refractivity contribution in [3.05, 3.63) is 45.9 Å². The van der Waals surface area contributed by atoms with E-state index in [0.717, 1.165) is 10.7 Å². The molecule has 1 aromatic carbocycles. The average Bonchev–Trinajstić information content (AvgIpc) is 2.96. The molecule has 2 rings (SSSR count). The van der Waals surface area contributed by atoms with Gasteiger partial charge in [-0.1, -0.05) is 23.7 Å². The van der Waals surface area contributed by atoms with Crippen LogP contribution in [0, 0.1) is 0 Å². The largest absolute Gasteiger partial charge is 0.461 e. The molecule has 0 aliphatic heterocycles. The van der Waals surface area contributed by atoms with Crippen molar-refractivity contribution in [2.75, 3.05) is 18.6 Å². The Hall–Kier alpha value is -1.59. The minimum absolute atomic E-state index is 0.102. The molecule has 0 aliphatic rings. The van der Waals surface area contributed by atoms with Crippen molar-refractivity contribution in [2.24, 2.45) is 0 Å². The van der Waals surface area contributed by atoms with Gasteiger partial charge in [0.15, 0.2) is 10.8 Å². The first-order valence-electron chi connectivity index (χ1n) is 6.64. The fourth-order valence-electron chi connectivity index (χ4n) is 1.88. The fourth-order valence-corrected chi connectivity index (χ4v) is 2.92. The number of hydrogen-bond acceptors (Lipinski definition) is 5. The number of halogens is 1. The Balaban J connectivity index is 2.16. The van der Waals surface area contributed by atoms with Gasteiger partial charge >= 0.3 is 5.97 Å². The molecule has 6 heteroatoms. The third-order valence-electron chi connectivity index (χ3n) is 3.19. The predicted octanol–water partition coefficient (Wildman–Crippen LogP) is 4.17. The molecule has 0 fully saturated rings. The highest BCUT2D eigenvalue weighted by molar-refractivity contribution is 7.13. The molecule has 0 saturated carbocycles. The Labute approximate surface area is 133 Å². The Kier molecular flexibility index (Phi) is 5.20. The van der Waals surface area contributed by atoms with Crippen molar-refractivity contribution in [2.45, 2.75) is 19.9 Å². The van der Waals surface area contributed by atoms with Crippen LogP contribution in [0.4, 0.5) is 5.13 Å². The Bertz CT molecular complexity index is 630. The molecule has 21 heavy (non-hydrogen) atoms. The van der Waals surface area contributed by atoms with E-state index >= 15 is 0 Å². The van der Waals surface area contributed by atoms with E-state index in [9.17, 15) is 4.79 Å². The summed E-state index contributed by atoms with van der Waals surface area (Å²) in [4.78, 5) is 18.0. The van der Waals surface area contributed by atoms with Crippen LogP contribution in [0.15, 0.2) is 29.6 Å². The van der Waals surface area contributed by atoms with Crippen molar-refractivity contribution >= 4 is 34.0 Å². The zero-order valence-electron chi connectivity index (χ0n) is 12.2. The topological polar surface area (TPSA) is 42.4 Å². The van der Waals surface area contributed by atoms with Gasteiger partial charge in [0.2, 0.25) is 0 Å². The van der Waals surface area contributed by atoms with Crippen molar-refractivity contribution in [3.63, 3.8) is 0 Å². The SMILES string of the molecule is CCOC(=O)c1csc(N(C)C(C)c2cccc(Cl)c2)n1. The second-order valence-corrected chi connectivity index (χ2v) is 5.85. The molecule has 0 amide bonds. The highest BCUT2D eigenvalue weighted by Gasteiger charge is 2.18. The van der Waals surface area contributed by atoms with Gasteiger partial charge in [-0.25, -0.2) is 9.78 Å². The Morgan fingerprint density at radius 3 is 2.95 bits per heavy atom. The van der Waals surface area contributed by atoms with Crippen molar-refractivity contribution in [1.29, 1.82) is 0 Å². The van der Waals surface area contributed by atoms with Gasteiger partial charge in [0.25, 0.3) is 0 Å². The highest BCUT2D eigenvalue weighted by atomic mass is 35.5. The number of benzene rings is 1. The number of anilines is 1. The highest BCUT2D eigenvalue weighted by Crippen LogP contribution is 2.29. The molecule has 1 aromatic heterocycles. The molecule has 2 aromatic rings.